The van der Waals surface area contributed by atoms with Gasteiger partial charge in [0.2, 0.25) is 0 Å². The zero-order valence-corrected chi connectivity index (χ0v) is 17.2. The molecule has 24 heavy (non-hydrogen) atoms. The van der Waals surface area contributed by atoms with Crippen molar-refractivity contribution < 1.29 is 0 Å². The minimum atomic E-state index is 0. The van der Waals surface area contributed by atoms with Gasteiger partial charge < -0.3 is 11.1 Å². The van der Waals surface area contributed by atoms with Crippen LogP contribution in [0, 0.1) is 13.8 Å². The number of hydrogen-bond donors (Lipinski definition) is 2. The predicted molar refractivity (Wildman–Crippen MR) is 116 cm³/mol. The number of hydrogen-bond acceptors (Lipinski definition) is 2. The number of rotatable bonds is 5. The lowest BCUT2D eigenvalue weighted by Gasteiger charge is -2.13. The Labute approximate surface area is 165 Å². The standard InChI is InChI=1S/C19H23N3S.HI/c1-14-8-9-16(12-15(14)2)22-18(20)21-13-19(10-11-19)23-17-6-4-3-5-7-17;/h3-9,12H,10-11,13H2,1-2H3,(H3,20,21,22);1H. The van der Waals surface area contributed by atoms with Gasteiger partial charge in [0, 0.05) is 15.3 Å². The highest BCUT2D eigenvalue weighted by atomic mass is 127. The Bertz CT molecular complexity index is 712. The molecule has 128 valence electrons. The summed E-state index contributed by atoms with van der Waals surface area (Å²) in [6.45, 7) is 4.97. The fourth-order valence-electron chi connectivity index (χ4n) is 2.41. The summed E-state index contributed by atoms with van der Waals surface area (Å²) in [4.78, 5) is 5.87. The molecule has 0 heterocycles. The van der Waals surface area contributed by atoms with Crippen LogP contribution in [0.5, 0.6) is 0 Å². The van der Waals surface area contributed by atoms with Crippen LogP contribution in [0.25, 0.3) is 0 Å². The minimum Gasteiger partial charge on any atom is -0.370 e. The Morgan fingerprint density at radius 3 is 2.46 bits per heavy atom. The summed E-state index contributed by atoms with van der Waals surface area (Å²) in [5, 5.41) is 3.19. The quantitative estimate of drug-likeness (QED) is 0.382. The molecule has 3 rings (SSSR count). The zero-order valence-electron chi connectivity index (χ0n) is 14.1. The number of halogens is 1. The molecule has 1 saturated carbocycles. The third-order valence-corrected chi connectivity index (χ3v) is 5.68. The van der Waals surface area contributed by atoms with Gasteiger partial charge in [-0.2, -0.15) is 0 Å². The largest absolute Gasteiger partial charge is 0.370 e. The molecule has 0 atom stereocenters. The summed E-state index contributed by atoms with van der Waals surface area (Å²) in [6.07, 6.45) is 2.40. The van der Waals surface area contributed by atoms with Crippen LogP contribution in [0.2, 0.25) is 0 Å². The van der Waals surface area contributed by atoms with Crippen molar-refractivity contribution in [3.8, 4) is 0 Å². The lowest BCUT2D eigenvalue weighted by molar-refractivity contribution is 0.897. The third-order valence-electron chi connectivity index (χ3n) is 4.20. The van der Waals surface area contributed by atoms with E-state index >= 15 is 0 Å². The normalized spacial score (nSPS) is 15.5. The number of aryl methyl sites for hydroxylation is 2. The third kappa shape index (κ3) is 5.14. The highest BCUT2D eigenvalue weighted by Gasteiger charge is 2.43. The molecule has 3 N–H and O–H groups in total. The van der Waals surface area contributed by atoms with E-state index in [1.54, 1.807) is 0 Å². The van der Waals surface area contributed by atoms with Crippen molar-refractivity contribution in [3.05, 3.63) is 59.7 Å². The number of nitrogens with two attached hydrogens (primary N) is 1. The first-order valence-electron chi connectivity index (χ1n) is 7.95. The van der Waals surface area contributed by atoms with E-state index in [2.05, 4.69) is 60.6 Å². The van der Waals surface area contributed by atoms with E-state index in [-0.39, 0.29) is 28.7 Å². The van der Waals surface area contributed by atoms with E-state index in [1.165, 1.54) is 28.9 Å². The maximum absolute atomic E-state index is 6.05. The SMILES string of the molecule is Cc1ccc(NC(N)=NCC2(Sc3ccccc3)CC2)cc1C.I. The van der Waals surface area contributed by atoms with Crippen molar-refractivity contribution in [2.75, 3.05) is 11.9 Å². The molecule has 0 saturated heterocycles. The Morgan fingerprint density at radius 1 is 1.12 bits per heavy atom. The molecule has 0 aliphatic heterocycles. The van der Waals surface area contributed by atoms with Crippen molar-refractivity contribution >= 4 is 47.4 Å². The van der Waals surface area contributed by atoms with E-state index < -0.39 is 0 Å². The van der Waals surface area contributed by atoms with E-state index in [0.29, 0.717) is 5.96 Å². The monoisotopic (exact) mass is 453 g/mol. The summed E-state index contributed by atoms with van der Waals surface area (Å²) >= 11 is 1.92. The topological polar surface area (TPSA) is 50.4 Å². The first-order valence-corrected chi connectivity index (χ1v) is 8.76. The summed E-state index contributed by atoms with van der Waals surface area (Å²) < 4.78 is 0.233. The minimum absolute atomic E-state index is 0. The Hall–Kier alpha value is -1.21. The van der Waals surface area contributed by atoms with Crippen molar-refractivity contribution in [1.29, 1.82) is 0 Å². The number of thioether (sulfide) groups is 1. The van der Waals surface area contributed by atoms with Gasteiger partial charge in [0.1, 0.15) is 0 Å². The Balaban J connectivity index is 0.00000208. The van der Waals surface area contributed by atoms with Gasteiger partial charge in [-0.05, 0) is 62.1 Å². The Morgan fingerprint density at radius 2 is 1.83 bits per heavy atom. The maximum Gasteiger partial charge on any atom is 0.193 e. The second kappa shape index (κ2) is 8.25. The Kier molecular flexibility index (Phi) is 6.57. The first kappa shape index (κ1) is 19.1. The molecule has 0 unspecified atom stereocenters. The summed E-state index contributed by atoms with van der Waals surface area (Å²) in [5.74, 6) is 0.494. The van der Waals surface area contributed by atoms with E-state index in [1.807, 2.05) is 23.9 Å². The van der Waals surface area contributed by atoms with Crippen LogP contribution >= 0.6 is 35.7 Å². The van der Waals surface area contributed by atoms with Crippen LogP contribution in [-0.2, 0) is 0 Å². The number of guanidine groups is 1. The van der Waals surface area contributed by atoms with Gasteiger partial charge in [-0.1, -0.05) is 24.3 Å². The molecule has 1 aliphatic carbocycles. The van der Waals surface area contributed by atoms with Crippen molar-refractivity contribution in [1.82, 2.24) is 0 Å². The molecule has 1 fully saturated rings. The fraction of sp³-hybridized carbons (Fsp3) is 0.316. The lowest BCUT2D eigenvalue weighted by atomic mass is 10.1. The highest BCUT2D eigenvalue weighted by molar-refractivity contribution is 14.0. The molecule has 2 aromatic carbocycles. The van der Waals surface area contributed by atoms with Gasteiger partial charge >= 0.3 is 0 Å². The van der Waals surface area contributed by atoms with Crippen molar-refractivity contribution in [3.63, 3.8) is 0 Å². The van der Waals surface area contributed by atoms with Crippen LogP contribution in [0.15, 0.2) is 58.4 Å². The van der Waals surface area contributed by atoms with Crippen LogP contribution in [0.3, 0.4) is 0 Å². The molecular formula is C19H24IN3S. The number of benzene rings is 2. The van der Waals surface area contributed by atoms with Crippen LogP contribution in [0.4, 0.5) is 5.69 Å². The number of aliphatic imine (C=N–C) groups is 1. The number of anilines is 1. The average Bonchev–Trinajstić information content (AvgIpc) is 3.30. The summed E-state index contributed by atoms with van der Waals surface area (Å²) in [7, 11) is 0. The van der Waals surface area contributed by atoms with E-state index in [4.69, 9.17) is 5.73 Å². The average molecular weight is 453 g/mol. The molecule has 1 aliphatic rings. The smallest absolute Gasteiger partial charge is 0.193 e. The molecule has 3 nitrogen and oxygen atoms in total. The van der Waals surface area contributed by atoms with Gasteiger partial charge in [-0.25, -0.2) is 0 Å². The molecular weight excluding hydrogens is 429 g/mol. The molecule has 0 radical (unpaired) electrons. The van der Waals surface area contributed by atoms with Crippen molar-refractivity contribution in [2.24, 2.45) is 10.7 Å². The molecule has 5 heteroatoms. The molecule has 0 bridgehead atoms. The summed E-state index contributed by atoms with van der Waals surface area (Å²) in [6, 6.07) is 16.8. The highest BCUT2D eigenvalue weighted by Crippen LogP contribution is 2.51. The van der Waals surface area contributed by atoms with Gasteiger partial charge in [-0.15, -0.1) is 35.7 Å². The number of nitrogens with one attached hydrogen (secondary N) is 1. The first-order chi connectivity index (χ1) is 11.1. The summed E-state index contributed by atoms with van der Waals surface area (Å²) in [5.41, 5.74) is 9.58. The van der Waals surface area contributed by atoms with Gasteiger partial charge in [0.15, 0.2) is 5.96 Å². The van der Waals surface area contributed by atoms with E-state index in [9.17, 15) is 0 Å². The predicted octanol–water partition coefficient (Wildman–Crippen LogP) is 4.97. The molecule has 2 aromatic rings. The van der Waals surface area contributed by atoms with Gasteiger partial charge in [-0.3, -0.25) is 4.99 Å². The fourth-order valence-corrected chi connectivity index (χ4v) is 3.63. The van der Waals surface area contributed by atoms with Crippen LogP contribution in [0.1, 0.15) is 24.0 Å². The van der Waals surface area contributed by atoms with Gasteiger partial charge in [0.05, 0.1) is 6.54 Å². The second-order valence-electron chi connectivity index (χ2n) is 6.22. The molecule has 0 amide bonds. The van der Waals surface area contributed by atoms with Crippen molar-refractivity contribution in [2.45, 2.75) is 36.3 Å². The molecule has 0 aromatic heterocycles. The maximum atomic E-state index is 6.05. The number of nitrogens with zero attached hydrogens (tertiary/aromatic N) is 1. The van der Waals surface area contributed by atoms with Gasteiger partial charge in [0.25, 0.3) is 0 Å². The lowest BCUT2D eigenvalue weighted by Crippen LogP contribution is -2.24. The zero-order chi connectivity index (χ0) is 16.3. The van der Waals surface area contributed by atoms with Crippen LogP contribution in [-0.4, -0.2) is 17.3 Å². The second-order valence-corrected chi connectivity index (χ2v) is 7.77. The van der Waals surface area contributed by atoms with E-state index in [0.717, 1.165) is 12.2 Å². The molecule has 0 spiro atoms. The van der Waals surface area contributed by atoms with Crippen LogP contribution < -0.4 is 11.1 Å².